The second kappa shape index (κ2) is 5.72. The molecule has 0 saturated carbocycles. The van der Waals surface area contributed by atoms with Gasteiger partial charge in [0.1, 0.15) is 5.82 Å². The van der Waals surface area contributed by atoms with Gasteiger partial charge in [0, 0.05) is 18.2 Å². The average Bonchev–Trinajstić information content (AvgIpc) is 2.74. The zero-order chi connectivity index (χ0) is 16.7. The van der Waals surface area contributed by atoms with Crippen molar-refractivity contribution in [1.29, 1.82) is 0 Å². The topological polar surface area (TPSA) is 72.9 Å². The lowest BCUT2D eigenvalue weighted by atomic mass is 9.96. The maximum Gasteiger partial charge on any atom is 0.241 e. The number of nitrogens with zero attached hydrogens (tertiary/aromatic N) is 2. The van der Waals surface area contributed by atoms with Gasteiger partial charge in [0.15, 0.2) is 0 Å². The first-order valence-electron chi connectivity index (χ1n) is 7.64. The normalized spacial score (nSPS) is 13.6. The molecule has 0 fully saturated rings. The Morgan fingerprint density at radius 2 is 1.95 bits per heavy atom. The molecular formula is C17H26N4O. The predicted molar refractivity (Wildman–Crippen MR) is 90.9 cm³/mol. The predicted octanol–water partition coefficient (Wildman–Crippen LogP) is 2.79. The summed E-state index contributed by atoms with van der Waals surface area (Å²) in [5.41, 5.74) is 8.50. The lowest BCUT2D eigenvalue weighted by molar-refractivity contribution is -0.118. The number of aromatic nitrogens is 2. The minimum Gasteiger partial charge on any atom is -0.331 e. The molecule has 5 nitrogen and oxygen atoms in total. The fourth-order valence-corrected chi connectivity index (χ4v) is 2.48. The Morgan fingerprint density at radius 3 is 2.50 bits per heavy atom. The lowest BCUT2D eigenvalue weighted by Gasteiger charge is -2.17. The van der Waals surface area contributed by atoms with Crippen LogP contribution in [-0.4, -0.2) is 21.5 Å². The Morgan fingerprint density at radius 1 is 1.32 bits per heavy atom. The van der Waals surface area contributed by atoms with E-state index in [1.165, 1.54) is 0 Å². The zero-order valence-electron chi connectivity index (χ0n) is 14.3. The Hall–Kier alpha value is -1.88. The van der Waals surface area contributed by atoms with Crippen molar-refractivity contribution in [3.05, 3.63) is 24.0 Å². The molecule has 1 aromatic heterocycles. The largest absolute Gasteiger partial charge is 0.331 e. The third-order valence-electron chi connectivity index (χ3n) is 3.84. The van der Waals surface area contributed by atoms with E-state index < -0.39 is 6.04 Å². The van der Waals surface area contributed by atoms with Crippen LogP contribution >= 0.6 is 0 Å². The smallest absolute Gasteiger partial charge is 0.241 e. The Balaban J connectivity index is 2.34. The molecule has 1 atom stereocenters. The standard InChI is InChI=1S/C17H26N4O/c1-10(2)14(18)15(22)19-11-7-8-13-12(9-11)20-16(21(13)6)17(3,4)5/h7-10,14H,18H2,1-6H3,(H,19,22)/t14-/m0/s1. The highest BCUT2D eigenvalue weighted by Gasteiger charge is 2.22. The number of benzene rings is 1. The monoisotopic (exact) mass is 302 g/mol. The number of nitrogens with two attached hydrogens (primary N) is 1. The summed E-state index contributed by atoms with van der Waals surface area (Å²) in [6.07, 6.45) is 0. The second-order valence-corrected chi connectivity index (χ2v) is 7.21. The van der Waals surface area contributed by atoms with E-state index in [4.69, 9.17) is 10.7 Å². The molecule has 0 radical (unpaired) electrons. The number of nitrogens with one attached hydrogen (secondary N) is 1. The van der Waals surface area contributed by atoms with E-state index in [2.05, 4.69) is 30.7 Å². The van der Waals surface area contributed by atoms with Crippen molar-refractivity contribution in [2.24, 2.45) is 18.7 Å². The van der Waals surface area contributed by atoms with Crippen LogP contribution in [0.2, 0.25) is 0 Å². The first-order valence-corrected chi connectivity index (χ1v) is 7.64. The van der Waals surface area contributed by atoms with Crippen LogP contribution in [0.25, 0.3) is 11.0 Å². The van der Waals surface area contributed by atoms with Gasteiger partial charge in [0.05, 0.1) is 17.1 Å². The number of amides is 1. The fourth-order valence-electron chi connectivity index (χ4n) is 2.48. The molecule has 1 amide bonds. The van der Waals surface area contributed by atoms with Gasteiger partial charge in [-0.15, -0.1) is 0 Å². The summed E-state index contributed by atoms with van der Waals surface area (Å²) in [6.45, 7) is 10.3. The molecular weight excluding hydrogens is 276 g/mol. The van der Waals surface area contributed by atoms with Gasteiger partial charge in [0.25, 0.3) is 0 Å². The molecule has 2 aromatic rings. The fraction of sp³-hybridized carbons (Fsp3) is 0.529. The van der Waals surface area contributed by atoms with Crippen molar-refractivity contribution >= 4 is 22.6 Å². The van der Waals surface area contributed by atoms with E-state index in [-0.39, 0.29) is 17.2 Å². The van der Waals surface area contributed by atoms with Gasteiger partial charge < -0.3 is 15.6 Å². The molecule has 0 unspecified atom stereocenters. The summed E-state index contributed by atoms with van der Waals surface area (Å²) in [5.74, 6) is 0.956. The van der Waals surface area contributed by atoms with Gasteiger partial charge in [-0.1, -0.05) is 34.6 Å². The molecule has 2 rings (SSSR count). The molecule has 0 saturated heterocycles. The number of anilines is 1. The summed E-state index contributed by atoms with van der Waals surface area (Å²) in [4.78, 5) is 16.8. The quantitative estimate of drug-likeness (QED) is 0.915. The number of hydrogen-bond acceptors (Lipinski definition) is 3. The maximum atomic E-state index is 12.1. The van der Waals surface area contributed by atoms with E-state index in [1.807, 2.05) is 39.1 Å². The third-order valence-corrected chi connectivity index (χ3v) is 3.84. The highest BCUT2D eigenvalue weighted by atomic mass is 16.2. The molecule has 0 aliphatic heterocycles. The molecule has 0 aliphatic rings. The van der Waals surface area contributed by atoms with Crippen LogP contribution in [0.3, 0.4) is 0 Å². The number of aryl methyl sites for hydroxylation is 1. The van der Waals surface area contributed by atoms with Crippen molar-refractivity contribution in [2.75, 3.05) is 5.32 Å². The van der Waals surface area contributed by atoms with E-state index in [0.717, 1.165) is 22.5 Å². The highest BCUT2D eigenvalue weighted by molar-refractivity contribution is 5.96. The summed E-state index contributed by atoms with van der Waals surface area (Å²) in [7, 11) is 2.02. The van der Waals surface area contributed by atoms with Gasteiger partial charge in [-0.05, 0) is 24.1 Å². The molecule has 1 aromatic carbocycles. The van der Waals surface area contributed by atoms with Crippen LogP contribution in [0.1, 0.15) is 40.4 Å². The number of imidazole rings is 1. The van der Waals surface area contributed by atoms with E-state index in [0.29, 0.717) is 0 Å². The number of fused-ring (bicyclic) bond motifs is 1. The average molecular weight is 302 g/mol. The van der Waals surface area contributed by atoms with Crippen LogP contribution in [-0.2, 0) is 17.3 Å². The summed E-state index contributed by atoms with van der Waals surface area (Å²) < 4.78 is 2.10. The Kier molecular flexibility index (Phi) is 4.29. The third kappa shape index (κ3) is 3.14. The molecule has 5 heteroatoms. The van der Waals surface area contributed by atoms with Gasteiger partial charge in [-0.25, -0.2) is 4.98 Å². The van der Waals surface area contributed by atoms with Crippen LogP contribution in [0.4, 0.5) is 5.69 Å². The zero-order valence-corrected chi connectivity index (χ0v) is 14.3. The SMILES string of the molecule is CC(C)[C@H](N)C(=O)Nc1ccc2c(c1)nc(C(C)(C)C)n2C. The number of hydrogen-bond donors (Lipinski definition) is 2. The van der Waals surface area contributed by atoms with E-state index >= 15 is 0 Å². The molecule has 3 N–H and O–H groups in total. The first-order chi connectivity index (χ1) is 10.1. The number of rotatable bonds is 3. The van der Waals surface area contributed by atoms with Crippen LogP contribution < -0.4 is 11.1 Å². The summed E-state index contributed by atoms with van der Waals surface area (Å²) in [6, 6.07) is 5.26. The van der Waals surface area contributed by atoms with Crippen LogP contribution in [0.15, 0.2) is 18.2 Å². The molecule has 0 bridgehead atoms. The van der Waals surface area contributed by atoms with E-state index in [1.54, 1.807) is 0 Å². The first kappa shape index (κ1) is 16.5. The molecule has 120 valence electrons. The molecule has 0 aliphatic carbocycles. The van der Waals surface area contributed by atoms with Crippen LogP contribution in [0, 0.1) is 5.92 Å². The van der Waals surface area contributed by atoms with Crippen molar-refractivity contribution in [2.45, 2.75) is 46.1 Å². The molecule has 1 heterocycles. The van der Waals surface area contributed by atoms with Gasteiger partial charge >= 0.3 is 0 Å². The molecule has 0 spiro atoms. The Labute approximate surface area is 131 Å². The summed E-state index contributed by atoms with van der Waals surface area (Å²) in [5, 5.41) is 2.87. The Bertz CT molecular complexity index is 694. The second-order valence-electron chi connectivity index (χ2n) is 7.21. The number of carbonyl (C=O) groups excluding carboxylic acids is 1. The number of carbonyl (C=O) groups is 1. The molecule has 22 heavy (non-hydrogen) atoms. The van der Waals surface area contributed by atoms with Crippen molar-refractivity contribution < 1.29 is 4.79 Å². The van der Waals surface area contributed by atoms with Crippen molar-refractivity contribution in [3.8, 4) is 0 Å². The minimum absolute atomic E-state index is 0.0306. The van der Waals surface area contributed by atoms with Crippen LogP contribution in [0.5, 0.6) is 0 Å². The highest BCUT2D eigenvalue weighted by Crippen LogP contribution is 2.27. The van der Waals surface area contributed by atoms with E-state index in [9.17, 15) is 4.79 Å². The minimum atomic E-state index is -0.510. The lowest BCUT2D eigenvalue weighted by Crippen LogP contribution is -2.39. The van der Waals surface area contributed by atoms with Crippen molar-refractivity contribution in [1.82, 2.24) is 9.55 Å². The van der Waals surface area contributed by atoms with Gasteiger partial charge in [0.2, 0.25) is 5.91 Å². The maximum absolute atomic E-state index is 12.1. The van der Waals surface area contributed by atoms with Gasteiger partial charge in [-0.3, -0.25) is 4.79 Å². The van der Waals surface area contributed by atoms with Crippen molar-refractivity contribution in [3.63, 3.8) is 0 Å². The summed E-state index contributed by atoms with van der Waals surface area (Å²) >= 11 is 0. The van der Waals surface area contributed by atoms with Gasteiger partial charge in [-0.2, -0.15) is 0 Å².